The molecule has 0 radical (unpaired) electrons. The molecule has 0 saturated carbocycles. The summed E-state index contributed by atoms with van der Waals surface area (Å²) in [7, 11) is 0. The van der Waals surface area contributed by atoms with Gasteiger partial charge < -0.3 is 5.11 Å². The van der Waals surface area contributed by atoms with Gasteiger partial charge in [-0.05, 0) is 51.0 Å². The van der Waals surface area contributed by atoms with Gasteiger partial charge >= 0.3 is 18.9 Å². The molecule has 30 heavy (non-hydrogen) atoms. The van der Waals surface area contributed by atoms with Gasteiger partial charge in [-0.2, -0.15) is 5.11 Å². The smallest absolute Gasteiger partial charge is 0.871 e. The van der Waals surface area contributed by atoms with Crippen LogP contribution in [0.15, 0.2) is 40.6 Å². The molecular weight excluding hydrogens is 363 g/mol. The maximum Gasteiger partial charge on any atom is 1.00 e. The SMILES string of the molecule is CC(C)c1cccc(C(C)C)c1N=Nc1cc(C(C)(C)C)cc(C(C)(C)C)c1[O-].[Li+]. The van der Waals surface area contributed by atoms with E-state index in [1.54, 1.807) is 0 Å². The Bertz CT molecular complexity index is 874. The number of rotatable bonds is 4. The van der Waals surface area contributed by atoms with Crippen LogP contribution in [0.1, 0.15) is 103 Å². The van der Waals surface area contributed by atoms with Gasteiger partial charge in [0.2, 0.25) is 0 Å². The Morgan fingerprint density at radius 1 is 0.767 bits per heavy atom. The molecule has 158 valence electrons. The summed E-state index contributed by atoms with van der Waals surface area (Å²) in [6.45, 7) is 21.3. The minimum Gasteiger partial charge on any atom is -0.871 e. The zero-order valence-electron chi connectivity index (χ0n) is 20.8. The predicted octanol–water partition coefficient (Wildman–Crippen LogP) is 5.02. The first-order valence-corrected chi connectivity index (χ1v) is 10.6. The second-order valence-electron chi connectivity index (χ2n) is 10.7. The van der Waals surface area contributed by atoms with Crippen LogP contribution >= 0.6 is 0 Å². The largest absolute Gasteiger partial charge is 1.00 e. The third-order valence-electron chi connectivity index (χ3n) is 5.34. The average molecular weight is 401 g/mol. The van der Waals surface area contributed by atoms with Gasteiger partial charge in [-0.1, -0.05) is 99.3 Å². The van der Waals surface area contributed by atoms with Crippen LogP contribution in [0.2, 0.25) is 0 Å². The van der Waals surface area contributed by atoms with Crippen LogP contribution in [0, 0.1) is 0 Å². The van der Waals surface area contributed by atoms with Gasteiger partial charge in [0.15, 0.2) is 0 Å². The van der Waals surface area contributed by atoms with Crippen LogP contribution < -0.4 is 24.0 Å². The Kier molecular flexibility index (Phi) is 8.57. The molecule has 0 aromatic heterocycles. The zero-order valence-corrected chi connectivity index (χ0v) is 20.8. The normalized spacial score (nSPS) is 12.7. The maximum atomic E-state index is 13.2. The van der Waals surface area contributed by atoms with Crippen LogP contribution in [0.3, 0.4) is 0 Å². The Balaban J connectivity index is 0.00000450. The molecule has 0 heterocycles. The van der Waals surface area contributed by atoms with Crippen molar-refractivity contribution in [3.63, 3.8) is 0 Å². The van der Waals surface area contributed by atoms with E-state index in [2.05, 4.69) is 97.7 Å². The molecule has 3 nitrogen and oxygen atoms in total. The standard InChI is InChI=1S/C26H38N2O.Li/c1-16(2)19-12-11-13-20(17(3)4)23(19)28-27-22-15-18(25(5,6)7)14-21(24(22)29)26(8,9)10;/h11-17,29H,1-10H3;/q;+1/p-1. The van der Waals surface area contributed by atoms with E-state index in [1.165, 1.54) is 0 Å². The molecule has 2 rings (SSSR count). The van der Waals surface area contributed by atoms with Crippen LogP contribution in [0.4, 0.5) is 11.4 Å². The van der Waals surface area contributed by atoms with Crippen molar-refractivity contribution in [3.8, 4) is 5.75 Å². The number of nitrogens with zero attached hydrogens (tertiary/aromatic N) is 2. The topological polar surface area (TPSA) is 47.8 Å². The van der Waals surface area contributed by atoms with Crippen LogP contribution in [0.5, 0.6) is 5.75 Å². The molecule has 0 saturated heterocycles. The summed E-state index contributed by atoms with van der Waals surface area (Å²) in [5, 5.41) is 22.4. The molecule has 0 N–H and O–H groups in total. The first kappa shape index (κ1) is 26.5. The summed E-state index contributed by atoms with van der Waals surface area (Å²) < 4.78 is 0. The first-order valence-electron chi connectivity index (χ1n) is 10.6. The van der Waals surface area contributed by atoms with E-state index >= 15 is 0 Å². The molecular formula is C26H37LiN2O. The molecule has 2 aromatic rings. The number of hydrogen-bond donors (Lipinski definition) is 0. The fourth-order valence-corrected chi connectivity index (χ4v) is 3.41. The first-order chi connectivity index (χ1) is 13.2. The number of benzene rings is 2. The molecule has 4 heteroatoms. The van der Waals surface area contributed by atoms with Gasteiger partial charge in [-0.25, -0.2) is 0 Å². The molecule has 0 amide bonds. The van der Waals surface area contributed by atoms with Crippen molar-refractivity contribution in [1.29, 1.82) is 0 Å². The molecule has 0 fully saturated rings. The van der Waals surface area contributed by atoms with Gasteiger partial charge in [-0.15, -0.1) is 5.11 Å². The van der Waals surface area contributed by atoms with E-state index in [0.29, 0.717) is 17.5 Å². The van der Waals surface area contributed by atoms with Crippen LogP contribution in [0.25, 0.3) is 0 Å². The molecule has 0 unspecified atom stereocenters. The Morgan fingerprint density at radius 3 is 1.67 bits per heavy atom. The van der Waals surface area contributed by atoms with E-state index in [9.17, 15) is 5.11 Å². The Hall–Kier alpha value is -1.56. The third kappa shape index (κ3) is 5.99. The van der Waals surface area contributed by atoms with Crippen molar-refractivity contribution < 1.29 is 24.0 Å². The van der Waals surface area contributed by atoms with Gasteiger partial charge in [-0.3, -0.25) is 0 Å². The summed E-state index contributed by atoms with van der Waals surface area (Å²) in [4.78, 5) is 0. The molecule has 0 spiro atoms. The van der Waals surface area contributed by atoms with E-state index in [1.807, 2.05) is 12.1 Å². The quantitative estimate of drug-likeness (QED) is 0.525. The van der Waals surface area contributed by atoms with E-state index in [0.717, 1.165) is 27.9 Å². The molecule has 0 aliphatic rings. The van der Waals surface area contributed by atoms with Crippen molar-refractivity contribution in [1.82, 2.24) is 0 Å². The van der Waals surface area contributed by atoms with E-state index < -0.39 is 0 Å². The minimum atomic E-state index is -0.248. The van der Waals surface area contributed by atoms with Gasteiger partial charge in [0.25, 0.3) is 0 Å². The molecule has 0 aliphatic heterocycles. The van der Waals surface area contributed by atoms with Crippen molar-refractivity contribution in [2.24, 2.45) is 10.2 Å². The van der Waals surface area contributed by atoms with Crippen molar-refractivity contribution in [3.05, 3.63) is 52.6 Å². The Labute approximate surface area is 195 Å². The number of azo groups is 1. The van der Waals surface area contributed by atoms with Gasteiger partial charge in [0.05, 0.1) is 11.4 Å². The summed E-state index contributed by atoms with van der Waals surface area (Å²) in [5.74, 6) is 0.642. The predicted molar refractivity (Wildman–Crippen MR) is 122 cm³/mol. The fourth-order valence-electron chi connectivity index (χ4n) is 3.41. The summed E-state index contributed by atoms with van der Waals surface area (Å²) in [6.07, 6.45) is 0. The third-order valence-corrected chi connectivity index (χ3v) is 5.34. The molecule has 0 aliphatic carbocycles. The molecule has 2 aromatic carbocycles. The van der Waals surface area contributed by atoms with Crippen molar-refractivity contribution >= 4 is 11.4 Å². The van der Waals surface area contributed by atoms with Crippen molar-refractivity contribution in [2.45, 2.75) is 91.9 Å². The monoisotopic (exact) mass is 400 g/mol. The summed E-state index contributed by atoms with van der Waals surface area (Å²) in [6, 6.07) is 10.3. The molecule has 0 bridgehead atoms. The summed E-state index contributed by atoms with van der Waals surface area (Å²) >= 11 is 0. The summed E-state index contributed by atoms with van der Waals surface area (Å²) in [5.41, 5.74) is 5.23. The van der Waals surface area contributed by atoms with Gasteiger partial charge in [0, 0.05) is 0 Å². The van der Waals surface area contributed by atoms with Crippen LogP contribution in [-0.2, 0) is 10.8 Å². The van der Waals surface area contributed by atoms with Crippen molar-refractivity contribution in [2.75, 3.05) is 0 Å². The number of hydrogen-bond acceptors (Lipinski definition) is 3. The van der Waals surface area contributed by atoms with Crippen LogP contribution in [-0.4, -0.2) is 0 Å². The molecule has 0 atom stereocenters. The average Bonchev–Trinajstić information content (AvgIpc) is 2.58. The fraction of sp³-hybridized carbons (Fsp3) is 0.538. The Morgan fingerprint density at radius 2 is 1.27 bits per heavy atom. The zero-order chi connectivity index (χ0) is 22.1. The van der Waals surface area contributed by atoms with Gasteiger partial charge in [0.1, 0.15) is 0 Å². The van der Waals surface area contributed by atoms with E-state index in [4.69, 9.17) is 0 Å². The minimum absolute atomic E-state index is 0. The second-order valence-corrected chi connectivity index (χ2v) is 10.7. The van der Waals surface area contributed by atoms with E-state index in [-0.39, 0.29) is 35.4 Å². The second kappa shape index (κ2) is 9.71. The maximum absolute atomic E-state index is 13.2.